The molecule has 1 N–H and O–H groups in total. The van der Waals surface area contributed by atoms with Gasteiger partial charge in [-0.2, -0.15) is 0 Å². The Morgan fingerprint density at radius 2 is 1.86 bits per heavy atom. The molecule has 3 rings (SSSR count). The standard InChI is InChI=1S/C21H21ClN2O4/c1-3-28-21(27)19-16(15-6-4-5-7-17(15)22)12-18(25)24(19)23-20(26)14-10-8-13(2)9-11-14/h4-11,16,19H,3,12H2,1-2H3,(H,23,26)/t16-,19-/m0/s1. The quantitative estimate of drug-likeness (QED) is 0.782. The maximum Gasteiger partial charge on any atom is 0.331 e. The van der Waals surface area contributed by atoms with Crippen LogP contribution in [-0.2, 0) is 14.3 Å². The third-order valence-corrected chi connectivity index (χ3v) is 5.04. The molecule has 0 aromatic heterocycles. The number of hydrazine groups is 1. The van der Waals surface area contributed by atoms with Crippen molar-refractivity contribution in [1.82, 2.24) is 10.4 Å². The number of amides is 2. The summed E-state index contributed by atoms with van der Waals surface area (Å²) in [6, 6.07) is 13.0. The van der Waals surface area contributed by atoms with Gasteiger partial charge in [-0.05, 0) is 37.6 Å². The molecular weight excluding hydrogens is 380 g/mol. The first-order chi connectivity index (χ1) is 13.4. The second-order valence-electron chi connectivity index (χ2n) is 6.60. The van der Waals surface area contributed by atoms with Gasteiger partial charge in [0.05, 0.1) is 6.61 Å². The highest BCUT2D eigenvalue weighted by Crippen LogP contribution is 2.37. The van der Waals surface area contributed by atoms with Gasteiger partial charge in [-0.3, -0.25) is 15.0 Å². The minimum Gasteiger partial charge on any atom is -0.464 e. The number of carbonyl (C=O) groups excluding carboxylic acids is 3. The van der Waals surface area contributed by atoms with Crippen molar-refractivity contribution < 1.29 is 19.1 Å². The van der Waals surface area contributed by atoms with Gasteiger partial charge in [0.25, 0.3) is 5.91 Å². The minimum absolute atomic E-state index is 0.0430. The Bertz CT molecular complexity index is 898. The van der Waals surface area contributed by atoms with Crippen LogP contribution >= 0.6 is 11.6 Å². The number of hydrogen-bond donors (Lipinski definition) is 1. The summed E-state index contributed by atoms with van der Waals surface area (Å²) in [5.41, 5.74) is 4.65. The summed E-state index contributed by atoms with van der Waals surface area (Å²) in [7, 11) is 0. The Morgan fingerprint density at radius 1 is 1.18 bits per heavy atom. The number of esters is 1. The molecule has 0 spiro atoms. The molecule has 2 atom stereocenters. The molecule has 146 valence electrons. The fraction of sp³-hybridized carbons (Fsp3) is 0.286. The first kappa shape index (κ1) is 19.9. The fourth-order valence-electron chi connectivity index (χ4n) is 3.30. The lowest BCUT2D eigenvalue weighted by molar-refractivity contribution is -0.153. The summed E-state index contributed by atoms with van der Waals surface area (Å²) in [6.07, 6.45) is 0.0430. The maximum absolute atomic E-state index is 12.7. The summed E-state index contributed by atoms with van der Waals surface area (Å²) in [4.78, 5) is 37.9. The molecule has 1 heterocycles. The van der Waals surface area contributed by atoms with E-state index < -0.39 is 23.8 Å². The van der Waals surface area contributed by atoms with Gasteiger partial charge in [-0.1, -0.05) is 47.5 Å². The molecule has 2 aromatic carbocycles. The lowest BCUT2D eigenvalue weighted by Crippen LogP contribution is -2.52. The topological polar surface area (TPSA) is 75.7 Å². The van der Waals surface area contributed by atoms with Crippen molar-refractivity contribution in [3.63, 3.8) is 0 Å². The first-order valence-corrected chi connectivity index (χ1v) is 9.41. The summed E-state index contributed by atoms with van der Waals surface area (Å²) in [5, 5.41) is 1.54. The van der Waals surface area contributed by atoms with Crippen LogP contribution in [0.4, 0.5) is 0 Å². The Balaban J connectivity index is 1.91. The number of benzene rings is 2. The van der Waals surface area contributed by atoms with Gasteiger partial charge in [0.1, 0.15) is 0 Å². The van der Waals surface area contributed by atoms with Crippen molar-refractivity contribution in [3.05, 3.63) is 70.2 Å². The Hall–Kier alpha value is -2.86. The van der Waals surface area contributed by atoms with Crippen molar-refractivity contribution in [3.8, 4) is 0 Å². The molecule has 0 bridgehead atoms. The van der Waals surface area contributed by atoms with Crippen LogP contribution in [0.15, 0.2) is 48.5 Å². The van der Waals surface area contributed by atoms with Crippen molar-refractivity contribution in [2.45, 2.75) is 32.2 Å². The smallest absolute Gasteiger partial charge is 0.331 e. The lowest BCUT2D eigenvalue weighted by atomic mass is 9.91. The number of ether oxygens (including phenoxy) is 1. The zero-order valence-corrected chi connectivity index (χ0v) is 16.4. The van der Waals surface area contributed by atoms with Gasteiger partial charge < -0.3 is 4.74 Å². The largest absolute Gasteiger partial charge is 0.464 e. The maximum atomic E-state index is 12.7. The molecule has 0 unspecified atom stereocenters. The second-order valence-corrected chi connectivity index (χ2v) is 7.01. The number of rotatable bonds is 5. The van der Waals surface area contributed by atoms with E-state index in [4.69, 9.17) is 16.3 Å². The molecule has 1 aliphatic heterocycles. The van der Waals surface area contributed by atoms with Gasteiger partial charge in [0, 0.05) is 22.9 Å². The zero-order valence-electron chi connectivity index (χ0n) is 15.6. The number of hydrogen-bond acceptors (Lipinski definition) is 4. The summed E-state index contributed by atoms with van der Waals surface area (Å²) < 4.78 is 5.17. The van der Waals surface area contributed by atoms with Crippen molar-refractivity contribution in [1.29, 1.82) is 0 Å². The molecule has 0 aliphatic carbocycles. The second kappa shape index (κ2) is 8.44. The number of carbonyl (C=O) groups is 3. The number of halogens is 1. The molecular formula is C21H21ClN2O4. The predicted octanol–water partition coefficient (Wildman–Crippen LogP) is 3.24. The summed E-state index contributed by atoms with van der Waals surface area (Å²) in [6.45, 7) is 3.77. The van der Waals surface area contributed by atoms with Crippen molar-refractivity contribution in [2.75, 3.05) is 6.61 Å². The van der Waals surface area contributed by atoms with Crippen molar-refractivity contribution >= 4 is 29.4 Å². The molecule has 1 aliphatic rings. The Kier molecular flexibility index (Phi) is 5.99. The molecule has 0 radical (unpaired) electrons. The third kappa shape index (κ3) is 4.02. The van der Waals surface area contributed by atoms with Crippen LogP contribution in [0.2, 0.25) is 5.02 Å². The molecule has 6 nitrogen and oxygen atoms in total. The third-order valence-electron chi connectivity index (χ3n) is 4.69. The number of aryl methyl sites for hydroxylation is 1. The number of nitrogens with zero attached hydrogens (tertiary/aromatic N) is 1. The molecule has 2 amide bonds. The van der Waals surface area contributed by atoms with Gasteiger partial charge in [0.2, 0.25) is 5.91 Å². The average molecular weight is 401 g/mol. The van der Waals surface area contributed by atoms with Crippen molar-refractivity contribution in [2.24, 2.45) is 0 Å². The van der Waals surface area contributed by atoms with E-state index in [1.807, 2.05) is 6.92 Å². The Morgan fingerprint density at radius 3 is 2.50 bits per heavy atom. The van der Waals surface area contributed by atoms with Crippen LogP contribution in [0.1, 0.15) is 40.7 Å². The van der Waals surface area contributed by atoms with E-state index >= 15 is 0 Å². The lowest BCUT2D eigenvalue weighted by Gasteiger charge is -2.27. The van der Waals surface area contributed by atoms with Gasteiger partial charge in [-0.25, -0.2) is 9.80 Å². The van der Waals surface area contributed by atoms with Gasteiger partial charge in [-0.15, -0.1) is 0 Å². The fourth-order valence-corrected chi connectivity index (χ4v) is 3.57. The normalized spacial score (nSPS) is 18.8. The minimum atomic E-state index is -0.984. The van der Waals surface area contributed by atoms with E-state index in [2.05, 4.69) is 5.43 Å². The van der Waals surface area contributed by atoms with Crippen LogP contribution in [0.25, 0.3) is 0 Å². The summed E-state index contributed by atoms with van der Waals surface area (Å²) in [5.74, 6) is -1.94. The predicted molar refractivity (Wildman–Crippen MR) is 105 cm³/mol. The van der Waals surface area contributed by atoms with Gasteiger partial charge in [0.15, 0.2) is 6.04 Å². The van der Waals surface area contributed by atoms with Crippen LogP contribution < -0.4 is 5.43 Å². The van der Waals surface area contributed by atoms with E-state index in [0.29, 0.717) is 16.1 Å². The average Bonchev–Trinajstić information content (AvgIpc) is 2.99. The molecule has 1 fully saturated rings. The van der Waals surface area contributed by atoms with Crippen LogP contribution in [0.5, 0.6) is 0 Å². The van der Waals surface area contributed by atoms with E-state index in [-0.39, 0.29) is 18.9 Å². The van der Waals surface area contributed by atoms with Crippen LogP contribution in [0, 0.1) is 6.92 Å². The summed E-state index contributed by atoms with van der Waals surface area (Å²) >= 11 is 6.29. The van der Waals surface area contributed by atoms with E-state index in [9.17, 15) is 14.4 Å². The Labute approximate surface area is 168 Å². The van der Waals surface area contributed by atoms with E-state index in [0.717, 1.165) is 10.6 Å². The molecule has 0 saturated carbocycles. The van der Waals surface area contributed by atoms with Crippen LogP contribution in [-0.4, -0.2) is 35.4 Å². The highest BCUT2D eigenvalue weighted by Gasteiger charge is 2.47. The first-order valence-electron chi connectivity index (χ1n) is 9.03. The van der Waals surface area contributed by atoms with Gasteiger partial charge >= 0.3 is 5.97 Å². The molecule has 1 saturated heterocycles. The zero-order chi connectivity index (χ0) is 20.3. The highest BCUT2D eigenvalue weighted by molar-refractivity contribution is 6.31. The highest BCUT2D eigenvalue weighted by atomic mass is 35.5. The SMILES string of the molecule is CCOC(=O)[C@@H]1[C@H](c2ccccc2Cl)CC(=O)N1NC(=O)c1ccc(C)cc1. The molecule has 2 aromatic rings. The molecule has 28 heavy (non-hydrogen) atoms. The van der Waals surface area contributed by atoms with E-state index in [1.165, 1.54) is 0 Å². The number of nitrogens with one attached hydrogen (secondary N) is 1. The van der Waals surface area contributed by atoms with Crippen LogP contribution in [0.3, 0.4) is 0 Å². The van der Waals surface area contributed by atoms with E-state index in [1.54, 1.807) is 55.5 Å². The molecule has 7 heteroatoms. The monoisotopic (exact) mass is 400 g/mol.